The van der Waals surface area contributed by atoms with Crippen molar-refractivity contribution in [2.75, 3.05) is 23.8 Å². The van der Waals surface area contributed by atoms with E-state index in [1.54, 1.807) is 0 Å². The second kappa shape index (κ2) is 4.06. The van der Waals surface area contributed by atoms with Crippen LogP contribution < -0.4 is 5.32 Å². The largest absolute Gasteiger partial charge is 0.304 e. The molecule has 0 radical (unpaired) electrons. The van der Waals surface area contributed by atoms with Gasteiger partial charge >= 0.3 is 0 Å². The summed E-state index contributed by atoms with van der Waals surface area (Å²) in [5.41, 5.74) is 0. The summed E-state index contributed by atoms with van der Waals surface area (Å²) in [5.74, 6) is 5.07. The van der Waals surface area contributed by atoms with Crippen LogP contribution in [0, 0.1) is 5.92 Å². The van der Waals surface area contributed by atoms with E-state index < -0.39 is 0 Å². The molecule has 0 saturated carbocycles. The molecule has 0 aromatic carbocycles. The molecule has 2 rings (SSSR count). The van der Waals surface area contributed by atoms with Gasteiger partial charge in [0.25, 0.3) is 0 Å². The van der Waals surface area contributed by atoms with Gasteiger partial charge in [-0.3, -0.25) is 0 Å². The molecule has 2 heterocycles. The fourth-order valence-corrected chi connectivity index (χ4v) is 4.30. The van der Waals surface area contributed by atoms with Crippen LogP contribution in [0.1, 0.15) is 12.8 Å². The van der Waals surface area contributed by atoms with Crippen molar-refractivity contribution in [3.05, 3.63) is 0 Å². The Hall–Kier alpha value is 0.660. The molecule has 64 valence electrons. The number of thioether (sulfide) groups is 2. The molecule has 2 saturated heterocycles. The molecule has 1 N–H and O–H groups in total. The molecule has 0 bridgehead atoms. The molecule has 0 aromatic heterocycles. The molecule has 0 spiro atoms. The summed E-state index contributed by atoms with van der Waals surface area (Å²) in [6.45, 7) is 1.23. The molecule has 0 amide bonds. The second-order valence-corrected chi connectivity index (χ2v) is 5.62. The third-order valence-corrected chi connectivity index (χ3v) is 4.96. The Morgan fingerprint density at radius 1 is 1.27 bits per heavy atom. The van der Waals surface area contributed by atoms with E-state index in [0.29, 0.717) is 0 Å². The monoisotopic (exact) mass is 189 g/mol. The van der Waals surface area contributed by atoms with Crippen molar-refractivity contribution >= 4 is 23.5 Å². The molecule has 3 heteroatoms. The molecule has 0 aliphatic carbocycles. The van der Waals surface area contributed by atoms with Crippen LogP contribution in [0.4, 0.5) is 0 Å². The van der Waals surface area contributed by atoms with Gasteiger partial charge in [0.1, 0.15) is 0 Å². The molecule has 2 aliphatic heterocycles. The Kier molecular flexibility index (Phi) is 3.05. The Morgan fingerprint density at radius 2 is 2.27 bits per heavy atom. The van der Waals surface area contributed by atoms with Gasteiger partial charge < -0.3 is 5.32 Å². The van der Waals surface area contributed by atoms with E-state index in [-0.39, 0.29) is 0 Å². The van der Waals surface area contributed by atoms with Crippen molar-refractivity contribution in [1.82, 2.24) is 5.32 Å². The van der Waals surface area contributed by atoms with E-state index in [0.717, 1.165) is 11.3 Å². The number of nitrogens with one attached hydrogen (secondary N) is 1. The predicted octanol–water partition coefficient (Wildman–Crippen LogP) is 1.79. The molecule has 0 aromatic rings. The smallest absolute Gasteiger partial charge is 0.0569 e. The summed E-state index contributed by atoms with van der Waals surface area (Å²) in [4.78, 5) is 0. The van der Waals surface area contributed by atoms with Gasteiger partial charge in [0.05, 0.1) is 5.37 Å². The zero-order valence-electron chi connectivity index (χ0n) is 6.71. The first kappa shape index (κ1) is 8.27. The standard InChI is InChI=1S/C8H15NS2/c1-2-7(6-10-4-1)8-9-3-5-11-8/h7-9H,1-6H2. The Bertz CT molecular complexity index is 117. The van der Waals surface area contributed by atoms with Crippen LogP contribution in [0.15, 0.2) is 0 Å². The van der Waals surface area contributed by atoms with E-state index in [1.165, 1.54) is 36.6 Å². The van der Waals surface area contributed by atoms with Crippen LogP contribution >= 0.6 is 23.5 Å². The first-order valence-electron chi connectivity index (χ1n) is 4.39. The lowest BCUT2D eigenvalue weighted by Gasteiger charge is -2.26. The molecule has 2 aliphatic rings. The Balaban J connectivity index is 1.82. The van der Waals surface area contributed by atoms with E-state index in [2.05, 4.69) is 28.8 Å². The minimum atomic E-state index is 0.794. The first-order valence-corrected chi connectivity index (χ1v) is 6.60. The van der Waals surface area contributed by atoms with Crippen LogP contribution in [0.25, 0.3) is 0 Å². The van der Waals surface area contributed by atoms with Gasteiger partial charge in [-0.25, -0.2) is 0 Å². The van der Waals surface area contributed by atoms with E-state index >= 15 is 0 Å². The summed E-state index contributed by atoms with van der Waals surface area (Å²) < 4.78 is 0. The maximum atomic E-state index is 3.58. The van der Waals surface area contributed by atoms with Crippen molar-refractivity contribution < 1.29 is 0 Å². The molecule has 2 atom stereocenters. The molecular formula is C8H15NS2. The molecular weight excluding hydrogens is 174 g/mol. The molecule has 11 heavy (non-hydrogen) atoms. The van der Waals surface area contributed by atoms with Crippen LogP contribution in [-0.4, -0.2) is 29.2 Å². The normalized spacial score (nSPS) is 39.3. The lowest BCUT2D eigenvalue weighted by Crippen LogP contribution is -2.31. The van der Waals surface area contributed by atoms with Crippen molar-refractivity contribution in [3.8, 4) is 0 Å². The zero-order valence-corrected chi connectivity index (χ0v) is 8.35. The summed E-state index contributed by atoms with van der Waals surface area (Å²) in [6, 6.07) is 0. The first-order chi connectivity index (χ1) is 5.47. The van der Waals surface area contributed by atoms with Gasteiger partial charge in [0, 0.05) is 12.3 Å². The van der Waals surface area contributed by atoms with Gasteiger partial charge in [-0.15, -0.1) is 11.8 Å². The molecule has 1 nitrogen and oxygen atoms in total. The second-order valence-electron chi connectivity index (χ2n) is 3.22. The third-order valence-electron chi connectivity index (χ3n) is 2.37. The van der Waals surface area contributed by atoms with E-state index in [1.807, 2.05) is 0 Å². The maximum absolute atomic E-state index is 3.58. The molecule has 2 fully saturated rings. The lowest BCUT2D eigenvalue weighted by molar-refractivity contribution is 0.465. The fourth-order valence-electron chi connectivity index (χ4n) is 1.75. The van der Waals surface area contributed by atoms with Crippen LogP contribution in [0.2, 0.25) is 0 Å². The van der Waals surface area contributed by atoms with E-state index in [9.17, 15) is 0 Å². The highest BCUT2D eigenvalue weighted by Gasteiger charge is 2.26. The average Bonchev–Trinajstić information content (AvgIpc) is 2.58. The van der Waals surface area contributed by atoms with Crippen molar-refractivity contribution in [1.29, 1.82) is 0 Å². The number of rotatable bonds is 1. The summed E-state index contributed by atoms with van der Waals surface area (Å²) in [6.07, 6.45) is 2.89. The van der Waals surface area contributed by atoms with Gasteiger partial charge in [-0.05, 0) is 30.3 Å². The maximum Gasteiger partial charge on any atom is 0.0569 e. The lowest BCUT2D eigenvalue weighted by atomic mass is 10.1. The molecule has 2 unspecified atom stereocenters. The van der Waals surface area contributed by atoms with Gasteiger partial charge in [-0.1, -0.05) is 0 Å². The quantitative estimate of drug-likeness (QED) is 0.675. The van der Waals surface area contributed by atoms with Gasteiger partial charge in [0.2, 0.25) is 0 Å². The highest BCUT2D eigenvalue weighted by molar-refractivity contribution is 8.00. The van der Waals surface area contributed by atoms with Gasteiger partial charge in [-0.2, -0.15) is 11.8 Å². The third kappa shape index (κ3) is 2.07. The topological polar surface area (TPSA) is 12.0 Å². The minimum Gasteiger partial charge on any atom is -0.304 e. The van der Waals surface area contributed by atoms with Crippen LogP contribution in [0.5, 0.6) is 0 Å². The summed E-state index contributed by atoms with van der Waals surface area (Å²) in [7, 11) is 0. The fraction of sp³-hybridized carbons (Fsp3) is 1.00. The van der Waals surface area contributed by atoms with Crippen LogP contribution in [0.3, 0.4) is 0 Å². The van der Waals surface area contributed by atoms with Crippen molar-refractivity contribution in [2.24, 2.45) is 5.92 Å². The van der Waals surface area contributed by atoms with Gasteiger partial charge in [0.15, 0.2) is 0 Å². The average molecular weight is 189 g/mol. The summed E-state index contributed by atoms with van der Waals surface area (Å²) in [5, 5.41) is 4.37. The number of hydrogen-bond acceptors (Lipinski definition) is 3. The SMILES string of the molecule is C1CSCC(C2NCCS2)C1. The van der Waals surface area contributed by atoms with Crippen LogP contribution in [-0.2, 0) is 0 Å². The zero-order chi connectivity index (χ0) is 7.52. The predicted molar refractivity (Wildman–Crippen MR) is 54.3 cm³/mol. The highest BCUT2D eigenvalue weighted by Crippen LogP contribution is 2.31. The number of hydrogen-bond donors (Lipinski definition) is 1. The highest BCUT2D eigenvalue weighted by atomic mass is 32.2. The van der Waals surface area contributed by atoms with Crippen molar-refractivity contribution in [2.45, 2.75) is 18.2 Å². The summed E-state index contributed by atoms with van der Waals surface area (Å²) >= 11 is 4.26. The van der Waals surface area contributed by atoms with E-state index in [4.69, 9.17) is 0 Å². The minimum absolute atomic E-state index is 0.794. The van der Waals surface area contributed by atoms with Crippen molar-refractivity contribution in [3.63, 3.8) is 0 Å². The Morgan fingerprint density at radius 3 is 2.91 bits per heavy atom. The Labute approximate surface area is 77.1 Å².